The van der Waals surface area contributed by atoms with Gasteiger partial charge in [0.1, 0.15) is 23.7 Å². The van der Waals surface area contributed by atoms with Gasteiger partial charge in [0.15, 0.2) is 0 Å². The summed E-state index contributed by atoms with van der Waals surface area (Å²) in [5.41, 5.74) is 6.61. The number of fused-ring (bicyclic) bond motifs is 1. The van der Waals surface area contributed by atoms with E-state index in [1.807, 2.05) is 6.92 Å². The zero-order valence-electron chi connectivity index (χ0n) is 14.7. The van der Waals surface area contributed by atoms with Crippen molar-refractivity contribution in [2.24, 2.45) is 5.73 Å². The second-order valence-corrected chi connectivity index (χ2v) is 5.59. The lowest BCUT2D eigenvalue weighted by Crippen LogP contribution is -2.13. The lowest BCUT2D eigenvalue weighted by Gasteiger charge is -2.05. The van der Waals surface area contributed by atoms with Crippen LogP contribution in [-0.4, -0.2) is 22.6 Å². The Morgan fingerprint density at radius 3 is 2.69 bits per heavy atom. The Morgan fingerprint density at radius 1 is 1.35 bits per heavy atom. The van der Waals surface area contributed by atoms with Gasteiger partial charge >= 0.3 is 0 Å². The highest BCUT2D eigenvalue weighted by molar-refractivity contribution is 6.06. The predicted octanol–water partition coefficient (Wildman–Crippen LogP) is 2.50. The summed E-state index contributed by atoms with van der Waals surface area (Å²) in [6, 6.07) is 8.53. The minimum absolute atomic E-state index is 0.129. The number of H-pyrrole nitrogens is 1. The Morgan fingerprint density at radius 2 is 2.08 bits per heavy atom. The second kappa shape index (κ2) is 8.87. The molecule has 0 saturated heterocycles. The summed E-state index contributed by atoms with van der Waals surface area (Å²) in [6.07, 6.45) is 2.44. The van der Waals surface area contributed by atoms with E-state index in [0.717, 1.165) is 6.42 Å². The first-order chi connectivity index (χ1) is 12.5. The molecular weight excluding hydrogens is 336 g/mol. The Labute approximate surface area is 150 Å². The number of carbonyl (C=O) groups excluding carboxylic acids is 1. The number of primary amides is 1. The van der Waals surface area contributed by atoms with Crippen LogP contribution in [-0.2, 0) is 6.61 Å². The van der Waals surface area contributed by atoms with E-state index in [2.05, 4.69) is 4.98 Å². The molecule has 1 aromatic carbocycles. The van der Waals surface area contributed by atoms with Crippen LogP contribution in [0.15, 0.2) is 45.7 Å². The molecule has 0 atom stereocenters. The summed E-state index contributed by atoms with van der Waals surface area (Å²) in [7, 11) is 0. The second-order valence-electron chi connectivity index (χ2n) is 5.59. The van der Waals surface area contributed by atoms with Crippen LogP contribution in [0, 0.1) is 6.92 Å². The average Bonchev–Trinajstić information content (AvgIpc) is 2.96. The summed E-state index contributed by atoms with van der Waals surface area (Å²) < 4.78 is 11.1. The van der Waals surface area contributed by atoms with Crippen molar-refractivity contribution in [3.63, 3.8) is 0 Å². The Kier molecular flexibility index (Phi) is 6.57. The van der Waals surface area contributed by atoms with Crippen LogP contribution in [0.25, 0.3) is 11.0 Å². The normalized spacial score (nSPS) is 10.3. The molecule has 0 aliphatic carbocycles. The molecule has 3 rings (SSSR count). The van der Waals surface area contributed by atoms with E-state index in [9.17, 15) is 9.59 Å². The van der Waals surface area contributed by atoms with Crippen LogP contribution in [0.2, 0.25) is 0 Å². The quantitative estimate of drug-likeness (QED) is 0.647. The highest BCUT2D eigenvalue weighted by Gasteiger charge is 2.16. The van der Waals surface area contributed by atoms with Crippen molar-refractivity contribution in [3.05, 3.63) is 63.8 Å². The molecule has 0 spiro atoms. The molecule has 4 N–H and O–H groups in total. The number of pyridine rings is 1. The average molecular weight is 358 g/mol. The van der Waals surface area contributed by atoms with Crippen LogP contribution in [0.5, 0.6) is 5.75 Å². The fourth-order valence-electron chi connectivity index (χ4n) is 2.33. The Balaban J connectivity index is 0.000000552. The van der Waals surface area contributed by atoms with E-state index < -0.39 is 5.91 Å². The van der Waals surface area contributed by atoms with Crippen molar-refractivity contribution in [3.8, 4) is 5.75 Å². The summed E-state index contributed by atoms with van der Waals surface area (Å²) in [5, 5.41) is 8.48. The minimum atomic E-state index is -0.548. The molecule has 0 fully saturated rings. The summed E-state index contributed by atoms with van der Waals surface area (Å²) >= 11 is 0. The maximum Gasteiger partial charge on any atom is 0.254 e. The molecule has 0 saturated carbocycles. The Bertz CT molecular complexity index is 940. The first-order valence-electron chi connectivity index (χ1n) is 8.21. The number of benzene rings is 1. The maximum absolute atomic E-state index is 11.6. The highest BCUT2D eigenvalue weighted by atomic mass is 16.5. The van der Waals surface area contributed by atoms with E-state index in [1.54, 1.807) is 43.5 Å². The SMILES string of the molecule is CCCO.Cc1oc2ccc(OCc3ccc[nH]c3=O)cc2c1C(N)=O. The van der Waals surface area contributed by atoms with Gasteiger partial charge in [-0.3, -0.25) is 9.59 Å². The number of ether oxygens (including phenoxy) is 1. The number of hydrogen-bond acceptors (Lipinski definition) is 5. The third kappa shape index (κ3) is 4.52. The zero-order valence-corrected chi connectivity index (χ0v) is 14.7. The Hall–Kier alpha value is -3.06. The number of nitrogens with one attached hydrogen (secondary N) is 1. The summed E-state index contributed by atoms with van der Waals surface area (Å²) in [6.45, 7) is 4.06. The molecule has 138 valence electrons. The van der Waals surface area contributed by atoms with Gasteiger partial charge in [-0.25, -0.2) is 0 Å². The molecule has 26 heavy (non-hydrogen) atoms. The molecule has 7 nitrogen and oxygen atoms in total. The number of aliphatic hydroxyl groups excluding tert-OH is 1. The number of aryl methyl sites for hydroxylation is 1. The number of furan rings is 1. The van der Waals surface area contributed by atoms with Crippen LogP contribution < -0.4 is 16.0 Å². The molecule has 2 aromatic heterocycles. The van der Waals surface area contributed by atoms with Gasteiger partial charge in [0, 0.05) is 18.2 Å². The number of hydrogen-bond donors (Lipinski definition) is 3. The smallest absolute Gasteiger partial charge is 0.254 e. The third-order valence-corrected chi connectivity index (χ3v) is 3.60. The van der Waals surface area contributed by atoms with Crippen molar-refractivity contribution < 1.29 is 19.1 Å². The number of nitrogens with two attached hydrogens (primary N) is 1. The number of aliphatic hydroxyl groups is 1. The van der Waals surface area contributed by atoms with Crippen molar-refractivity contribution in [2.75, 3.05) is 6.61 Å². The molecule has 0 aliphatic heterocycles. The van der Waals surface area contributed by atoms with Gasteiger partial charge in [-0.15, -0.1) is 0 Å². The van der Waals surface area contributed by atoms with Crippen molar-refractivity contribution in [1.82, 2.24) is 4.98 Å². The number of aromatic amines is 1. The summed E-state index contributed by atoms with van der Waals surface area (Å²) in [5.74, 6) is 0.450. The molecule has 7 heteroatoms. The molecule has 0 radical (unpaired) electrons. The van der Waals surface area contributed by atoms with E-state index >= 15 is 0 Å². The molecular formula is C19H22N2O5. The third-order valence-electron chi connectivity index (χ3n) is 3.60. The number of aromatic nitrogens is 1. The minimum Gasteiger partial charge on any atom is -0.489 e. The van der Waals surface area contributed by atoms with E-state index in [4.69, 9.17) is 20.0 Å². The van der Waals surface area contributed by atoms with Crippen molar-refractivity contribution >= 4 is 16.9 Å². The van der Waals surface area contributed by atoms with Gasteiger partial charge in [-0.1, -0.05) is 6.92 Å². The zero-order chi connectivity index (χ0) is 19.1. The van der Waals surface area contributed by atoms with Crippen LogP contribution >= 0.6 is 0 Å². The lowest BCUT2D eigenvalue weighted by molar-refractivity contribution is 0.1000. The van der Waals surface area contributed by atoms with E-state index in [1.165, 1.54) is 0 Å². The first-order valence-corrected chi connectivity index (χ1v) is 8.21. The molecule has 0 aliphatic rings. The molecule has 0 unspecified atom stereocenters. The molecule has 2 heterocycles. The van der Waals surface area contributed by atoms with Crippen LogP contribution in [0.4, 0.5) is 0 Å². The molecule has 3 aromatic rings. The standard InChI is InChI=1S/C16H14N2O4.C3H8O/c1-9-14(15(17)19)12-7-11(4-5-13(12)22-9)21-8-10-3-2-6-18-16(10)20;1-2-3-4/h2-7H,8H2,1H3,(H2,17,19)(H,18,20);4H,2-3H2,1H3. The van der Waals surface area contributed by atoms with Gasteiger partial charge in [0.25, 0.3) is 11.5 Å². The van der Waals surface area contributed by atoms with Gasteiger partial charge < -0.3 is 25.0 Å². The molecule has 0 bridgehead atoms. The monoisotopic (exact) mass is 358 g/mol. The number of carbonyl (C=O) groups is 1. The fourth-order valence-corrected chi connectivity index (χ4v) is 2.33. The van der Waals surface area contributed by atoms with Crippen molar-refractivity contribution in [2.45, 2.75) is 26.9 Å². The number of rotatable bonds is 5. The topological polar surface area (TPSA) is 119 Å². The van der Waals surface area contributed by atoms with Gasteiger partial charge in [-0.05, 0) is 43.7 Å². The van der Waals surface area contributed by atoms with Crippen LogP contribution in [0.3, 0.4) is 0 Å². The lowest BCUT2D eigenvalue weighted by atomic mass is 10.1. The highest BCUT2D eigenvalue weighted by Crippen LogP contribution is 2.29. The maximum atomic E-state index is 11.6. The van der Waals surface area contributed by atoms with E-state index in [-0.39, 0.29) is 12.2 Å². The summed E-state index contributed by atoms with van der Waals surface area (Å²) in [4.78, 5) is 25.7. The first kappa shape index (κ1) is 19.3. The van der Waals surface area contributed by atoms with Gasteiger partial charge in [-0.2, -0.15) is 0 Å². The van der Waals surface area contributed by atoms with E-state index in [0.29, 0.717) is 40.2 Å². The number of amides is 1. The predicted molar refractivity (Wildman–Crippen MR) is 98.2 cm³/mol. The van der Waals surface area contributed by atoms with Crippen molar-refractivity contribution in [1.29, 1.82) is 0 Å². The largest absolute Gasteiger partial charge is 0.489 e. The van der Waals surface area contributed by atoms with Gasteiger partial charge in [0.2, 0.25) is 0 Å². The van der Waals surface area contributed by atoms with Crippen LogP contribution in [0.1, 0.15) is 35.0 Å². The fraction of sp³-hybridized carbons (Fsp3) is 0.263. The molecule has 1 amide bonds. The van der Waals surface area contributed by atoms with Gasteiger partial charge in [0.05, 0.1) is 11.1 Å².